The molecule has 0 aromatic carbocycles. The second kappa shape index (κ2) is 4.80. The summed E-state index contributed by atoms with van der Waals surface area (Å²) in [5, 5.41) is 15.3. The lowest BCUT2D eigenvalue weighted by Gasteiger charge is -2.13. The van der Waals surface area contributed by atoms with Crippen LogP contribution in [-0.4, -0.2) is 22.1 Å². The van der Waals surface area contributed by atoms with Crippen molar-refractivity contribution in [3.05, 3.63) is 11.8 Å². The van der Waals surface area contributed by atoms with Crippen LogP contribution >= 0.6 is 0 Å². The van der Waals surface area contributed by atoms with Gasteiger partial charge in [0, 0.05) is 6.07 Å². The Labute approximate surface area is 104 Å². The summed E-state index contributed by atoms with van der Waals surface area (Å²) < 4.78 is 4.89. The highest BCUT2D eigenvalue weighted by molar-refractivity contribution is 5.94. The first-order valence-electron chi connectivity index (χ1n) is 5.94. The van der Waals surface area contributed by atoms with E-state index in [1.54, 1.807) is 13.0 Å². The minimum atomic E-state index is -0.909. The van der Waals surface area contributed by atoms with Gasteiger partial charge in [-0.1, -0.05) is 12.1 Å². The van der Waals surface area contributed by atoms with Crippen LogP contribution < -0.4 is 5.32 Å². The number of amides is 1. The molecule has 1 unspecified atom stereocenters. The number of nitrogens with zero attached hydrogens (tertiary/aromatic N) is 1. The topological polar surface area (TPSA) is 92.4 Å². The number of hydrogen-bond donors (Lipinski definition) is 2. The number of carbonyl (C=O) groups excluding carboxylic acids is 1. The SMILES string of the molecule is Cc1cc(NC(=O)[C@H]2CC(C)C[C@H]2C(=O)O)on1. The third-order valence-electron chi connectivity index (χ3n) is 3.33. The molecule has 1 fully saturated rings. The van der Waals surface area contributed by atoms with Crippen LogP contribution in [0.5, 0.6) is 0 Å². The Bertz CT molecular complexity index is 468. The van der Waals surface area contributed by atoms with Gasteiger partial charge in [-0.15, -0.1) is 0 Å². The molecule has 1 aliphatic carbocycles. The maximum absolute atomic E-state index is 12.0. The van der Waals surface area contributed by atoms with Crippen LogP contribution in [0.25, 0.3) is 0 Å². The van der Waals surface area contributed by atoms with Gasteiger partial charge in [0.25, 0.3) is 0 Å². The molecule has 0 aliphatic heterocycles. The lowest BCUT2D eigenvalue weighted by molar-refractivity contribution is -0.145. The Hall–Kier alpha value is -1.85. The van der Waals surface area contributed by atoms with E-state index in [1.807, 2.05) is 6.92 Å². The van der Waals surface area contributed by atoms with Crippen molar-refractivity contribution in [3.63, 3.8) is 0 Å². The molecular weight excluding hydrogens is 236 g/mol. The van der Waals surface area contributed by atoms with Crippen LogP contribution in [0.3, 0.4) is 0 Å². The molecule has 2 N–H and O–H groups in total. The lowest BCUT2D eigenvalue weighted by Crippen LogP contribution is -2.29. The third kappa shape index (κ3) is 2.52. The van der Waals surface area contributed by atoms with E-state index in [1.165, 1.54) is 0 Å². The molecule has 1 aliphatic rings. The van der Waals surface area contributed by atoms with Gasteiger partial charge in [0.05, 0.1) is 17.5 Å². The number of carboxylic acids is 1. The zero-order valence-corrected chi connectivity index (χ0v) is 10.3. The second-order valence-corrected chi connectivity index (χ2v) is 4.95. The van der Waals surface area contributed by atoms with E-state index in [2.05, 4.69) is 10.5 Å². The number of carbonyl (C=O) groups is 2. The Morgan fingerprint density at radius 3 is 2.67 bits per heavy atom. The standard InChI is InChI=1S/C12H16N2O4/c1-6-3-8(9(4-6)12(16)17)11(15)13-10-5-7(2)14-18-10/h5-6,8-9H,3-4H2,1-2H3,(H,13,15)(H,16,17)/t6?,8-,9+/m0/s1. The molecule has 1 aromatic heterocycles. The van der Waals surface area contributed by atoms with Crippen molar-refractivity contribution in [3.8, 4) is 0 Å². The molecule has 0 radical (unpaired) electrons. The fourth-order valence-electron chi connectivity index (χ4n) is 2.49. The van der Waals surface area contributed by atoms with Gasteiger partial charge in [-0.05, 0) is 25.7 Å². The van der Waals surface area contributed by atoms with Crippen molar-refractivity contribution in [1.82, 2.24) is 5.16 Å². The molecule has 1 heterocycles. The summed E-state index contributed by atoms with van der Waals surface area (Å²) in [6.07, 6.45) is 1.14. The summed E-state index contributed by atoms with van der Waals surface area (Å²) in [4.78, 5) is 23.1. The molecule has 0 spiro atoms. The molecule has 0 bridgehead atoms. The summed E-state index contributed by atoms with van der Waals surface area (Å²) in [5.41, 5.74) is 0.667. The summed E-state index contributed by atoms with van der Waals surface area (Å²) in [6.45, 7) is 3.71. The van der Waals surface area contributed by atoms with Gasteiger partial charge in [0.1, 0.15) is 0 Å². The molecule has 6 heteroatoms. The Balaban J connectivity index is 2.06. The number of nitrogens with one attached hydrogen (secondary N) is 1. The molecule has 98 valence electrons. The molecule has 1 saturated carbocycles. The van der Waals surface area contributed by atoms with Gasteiger partial charge in [0.2, 0.25) is 11.8 Å². The summed E-state index contributed by atoms with van der Waals surface area (Å²) >= 11 is 0. The van der Waals surface area contributed by atoms with Crippen LogP contribution in [0.15, 0.2) is 10.6 Å². The second-order valence-electron chi connectivity index (χ2n) is 4.95. The first-order chi connectivity index (χ1) is 8.47. The average molecular weight is 252 g/mol. The van der Waals surface area contributed by atoms with Gasteiger partial charge in [-0.2, -0.15) is 0 Å². The number of aryl methyl sites for hydroxylation is 1. The minimum Gasteiger partial charge on any atom is -0.481 e. The van der Waals surface area contributed by atoms with Gasteiger partial charge < -0.3 is 9.63 Å². The smallest absolute Gasteiger partial charge is 0.307 e. The van der Waals surface area contributed by atoms with Crippen LogP contribution in [-0.2, 0) is 9.59 Å². The zero-order valence-electron chi connectivity index (χ0n) is 10.3. The Morgan fingerprint density at radius 2 is 2.11 bits per heavy atom. The maximum Gasteiger partial charge on any atom is 0.307 e. The fourth-order valence-corrected chi connectivity index (χ4v) is 2.49. The summed E-state index contributed by atoms with van der Waals surface area (Å²) in [7, 11) is 0. The molecule has 18 heavy (non-hydrogen) atoms. The number of aromatic nitrogens is 1. The van der Waals surface area contributed by atoms with E-state index in [-0.39, 0.29) is 17.7 Å². The van der Waals surface area contributed by atoms with Crippen LogP contribution in [0, 0.1) is 24.7 Å². The third-order valence-corrected chi connectivity index (χ3v) is 3.33. The van der Waals surface area contributed by atoms with Gasteiger partial charge in [-0.3, -0.25) is 14.9 Å². The van der Waals surface area contributed by atoms with E-state index >= 15 is 0 Å². The number of aliphatic carboxylic acids is 1. The van der Waals surface area contributed by atoms with Crippen molar-refractivity contribution >= 4 is 17.8 Å². The zero-order chi connectivity index (χ0) is 13.3. The number of hydrogen-bond acceptors (Lipinski definition) is 4. The Morgan fingerprint density at radius 1 is 1.44 bits per heavy atom. The van der Waals surface area contributed by atoms with Crippen molar-refractivity contribution in [1.29, 1.82) is 0 Å². The predicted octanol–water partition coefficient (Wildman–Crippen LogP) is 1.67. The van der Waals surface area contributed by atoms with E-state index in [0.29, 0.717) is 18.5 Å². The largest absolute Gasteiger partial charge is 0.481 e. The highest BCUT2D eigenvalue weighted by atomic mass is 16.5. The van der Waals surface area contributed by atoms with E-state index in [4.69, 9.17) is 9.63 Å². The van der Waals surface area contributed by atoms with Crippen molar-refractivity contribution in [2.45, 2.75) is 26.7 Å². The van der Waals surface area contributed by atoms with Crippen molar-refractivity contribution in [2.24, 2.45) is 17.8 Å². The van der Waals surface area contributed by atoms with Crippen molar-refractivity contribution in [2.75, 3.05) is 5.32 Å². The highest BCUT2D eigenvalue weighted by Gasteiger charge is 2.41. The first-order valence-corrected chi connectivity index (χ1v) is 5.94. The summed E-state index contributed by atoms with van der Waals surface area (Å²) in [5.74, 6) is -1.80. The summed E-state index contributed by atoms with van der Waals surface area (Å²) in [6, 6.07) is 1.60. The maximum atomic E-state index is 12.0. The number of rotatable bonds is 3. The molecule has 1 aromatic rings. The van der Waals surface area contributed by atoms with Crippen LogP contribution in [0.2, 0.25) is 0 Å². The van der Waals surface area contributed by atoms with Gasteiger partial charge in [-0.25, -0.2) is 0 Å². The van der Waals surface area contributed by atoms with Crippen LogP contribution in [0.1, 0.15) is 25.5 Å². The van der Waals surface area contributed by atoms with Crippen LogP contribution in [0.4, 0.5) is 5.88 Å². The Kier molecular flexibility index (Phi) is 3.36. The average Bonchev–Trinajstić information content (AvgIpc) is 2.85. The number of anilines is 1. The molecule has 2 rings (SSSR count). The molecule has 6 nitrogen and oxygen atoms in total. The number of carboxylic acid groups (broad SMARTS) is 1. The molecule has 3 atom stereocenters. The fraction of sp³-hybridized carbons (Fsp3) is 0.583. The van der Waals surface area contributed by atoms with Gasteiger partial charge in [0.15, 0.2) is 0 Å². The van der Waals surface area contributed by atoms with E-state index in [0.717, 1.165) is 0 Å². The first kappa shape index (κ1) is 12.6. The predicted molar refractivity (Wildman–Crippen MR) is 62.9 cm³/mol. The lowest BCUT2D eigenvalue weighted by atomic mass is 9.95. The molecule has 1 amide bonds. The van der Waals surface area contributed by atoms with E-state index < -0.39 is 17.8 Å². The van der Waals surface area contributed by atoms with Crippen molar-refractivity contribution < 1.29 is 19.2 Å². The normalized spacial score (nSPS) is 27.1. The molecular formula is C12H16N2O4. The highest BCUT2D eigenvalue weighted by Crippen LogP contribution is 2.37. The van der Waals surface area contributed by atoms with Gasteiger partial charge >= 0.3 is 5.97 Å². The molecule has 0 saturated heterocycles. The quantitative estimate of drug-likeness (QED) is 0.853. The minimum absolute atomic E-state index is 0.248. The van der Waals surface area contributed by atoms with E-state index in [9.17, 15) is 9.59 Å². The monoisotopic (exact) mass is 252 g/mol.